The second-order valence-corrected chi connectivity index (χ2v) is 4.13. The van der Waals surface area contributed by atoms with Gasteiger partial charge in [0.25, 0.3) is 11.6 Å². The number of likely N-dealkylation sites (N-methyl/N-ethyl adjacent to an activating group) is 1. The molecule has 1 aromatic carbocycles. The Morgan fingerprint density at radius 2 is 2.15 bits per heavy atom. The van der Waals surface area contributed by atoms with Crippen LogP contribution in [0.2, 0.25) is 0 Å². The fourth-order valence-corrected chi connectivity index (χ4v) is 1.87. The van der Waals surface area contributed by atoms with Gasteiger partial charge >= 0.3 is 0 Å². The lowest BCUT2D eigenvalue weighted by atomic mass is 10.1. The fourth-order valence-electron chi connectivity index (χ4n) is 1.87. The number of anilines is 1. The Morgan fingerprint density at radius 1 is 1.45 bits per heavy atom. The molecular formula is C13H19N3O4. The van der Waals surface area contributed by atoms with Crippen molar-refractivity contribution in [3.05, 3.63) is 33.9 Å². The molecule has 0 aliphatic heterocycles. The number of rotatable bonds is 7. The van der Waals surface area contributed by atoms with Crippen LogP contribution in [-0.4, -0.2) is 47.1 Å². The zero-order valence-electron chi connectivity index (χ0n) is 11.6. The van der Waals surface area contributed by atoms with Crippen molar-refractivity contribution in [2.24, 2.45) is 0 Å². The van der Waals surface area contributed by atoms with Crippen LogP contribution in [0.3, 0.4) is 0 Å². The van der Waals surface area contributed by atoms with Gasteiger partial charge in [-0.2, -0.15) is 0 Å². The zero-order chi connectivity index (χ0) is 15.1. The fraction of sp³-hybridized carbons (Fsp3) is 0.462. The van der Waals surface area contributed by atoms with E-state index in [2.05, 4.69) is 5.32 Å². The molecular weight excluding hydrogens is 262 g/mol. The molecule has 7 heteroatoms. The van der Waals surface area contributed by atoms with Crippen molar-refractivity contribution >= 4 is 17.3 Å². The van der Waals surface area contributed by atoms with Gasteiger partial charge in [0.05, 0.1) is 11.5 Å². The van der Waals surface area contributed by atoms with Gasteiger partial charge in [-0.25, -0.2) is 0 Å². The van der Waals surface area contributed by atoms with E-state index in [9.17, 15) is 14.9 Å². The van der Waals surface area contributed by atoms with Crippen LogP contribution >= 0.6 is 0 Å². The Bertz CT molecular complexity index is 491. The first kappa shape index (κ1) is 15.9. The van der Waals surface area contributed by atoms with Crippen molar-refractivity contribution in [2.45, 2.75) is 13.8 Å². The van der Waals surface area contributed by atoms with Gasteiger partial charge in [0.15, 0.2) is 0 Å². The van der Waals surface area contributed by atoms with Crippen molar-refractivity contribution in [1.29, 1.82) is 0 Å². The topological polar surface area (TPSA) is 95.7 Å². The van der Waals surface area contributed by atoms with E-state index in [4.69, 9.17) is 5.11 Å². The number of carbonyl (C=O) groups excluding carboxylic acids is 1. The standard InChI is InChI=1S/C13H19N3O4/c1-3-14-10-5-6-12(16(19)20)11(9-10)13(18)15(4-2)7-8-17/h5-6,9,14,17H,3-4,7-8H2,1-2H3. The monoisotopic (exact) mass is 281 g/mol. The van der Waals surface area contributed by atoms with E-state index in [1.54, 1.807) is 13.0 Å². The molecule has 0 bridgehead atoms. The summed E-state index contributed by atoms with van der Waals surface area (Å²) in [6.07, 6.45) is 0. The van der Waals surface area contributed by atoms with Crippen LogP contribution < -0.4 is 5.32 Å². The van der Waals surface area contributed by atoms with E-state index in [1.165, 1.54) is 17.0 Å². The first-order chi connectivity index (χ1) is 9.54. The average molecular weight is 281 g/mol. The minimum absolute atomic E-state index is 0.0313. The van der Waals surface area contributed by atoms with Crippen molar-refractivity contribution in [2.75, 3.05) is 31.6 Å². The summed E-state index contributed by atoms with van der Waals surface area (Å²) in [5.74, 6) is -0.451. The molecule has 0 saturated carbocycles. The molecule has 0 unspecified atom stereocenters. The Morgan fingerprint density at radius 3 is 2.65 bits per heavy atom. The maximum absolute atomic E-state index is 12.3. The van der Waals surface area contributed by atoms with E-state index in [-0.39, 0.29) is 24.4 Å². The van der Waals surface area contributed by atoms with Gasteiger partial charge in [0.1, 0.15) is 5.56 Å². The van der Waals surface area contributed by atoms with E-state index in [0.29, 0.717) is 18.8 Å². The number of nitrogens with zero attached hydrogens (tertiary/aromatic N) is 2. The number of aliphatic hydroxyl groups excluding tert-OH is 1. The maximum Gasteiger partial charge on any atom is 0.282 e. The van der Waals surface area contributed by atoms with Crippen LogP contribution in [0.4, 0.5) is 11.4 Å². The molecule has 1 aromatic rings. The molecule has 0 heterocycles. The first-order valence-corrected chi connectivity index (χ1v) is 6.47. The Kier molecular flexibility index (Phi) is 5.92. The van der Waals surface area contributed by atoms with Gasteiger partial charge in [0, 0.05) is 31.4 Å². The molecule has 0 aromatic heterocycles. The van der Waals surface area contributed by atoms with E-state index in [1.807, 2.05) is 6.92 Å². The molecule has 1 amide bonds. The van der Waals surface area contributed by atoms with Gasteiger partial charge in [-0.1, -0.05) is 0 Å². The SMILES string of the molecule is CCNc1ccc([N+](=O)[O-])c(C(=O)N(CC)CCO)c1. The highest BCUT2D eigenvalue weighted by Crippen LogP contribution is 2.24. The summed E-state index contributed by atoms with van der Waals surface area (Å²) in [6, 6.07) is 4.36. The summed E-state index contributed by atoms with van der Waals surface area (Å²) >= 11 is 0. The van der Waals surface area contributed by atoms with Crippen LogP contribution in [0, 0.1) is 10.1 Å². The largest absolute Gasteiger partial charge is 0.395 e. The number of nitro groups is 1. The zero-order valence-corrected chi connectivity index (χ0v) is 11.6. The van der Waals surface area contributed by atoms with Crippen molar-refractivity contribution in [3.63, 3.8) is 0 Å². The molecule has 0 aliphatic rings. The molecule has 20 heavy (non-hydrogen) atoms. The third kappa shape index (κ3) is 3.67. The summed E-state index contributed by atoms with van der Waals surface area (Å²) in [5, 5.41) is 23.0. The highest BCUT2D eigenvalue weighted by atomic mass is 16.6. The highest BCUT2D eigenvalue weighted by Gasteiger charge is 2.24. The van der Waals surface area contributed by atoms with Crippen molar-refractivity contribution in [1.82, 2.24) is 4.90 Å². The number of nitro benzene ring substituents is 1. The maximum atomic E-state index is 12.3. The predicted molar refractivity (Wildman–Crippen MR) is 75.9 cm³/mol. The minimum atomic E-state index is -0.574. The number of amides is 1. The van der Waals surface area contributed by atoms with Gasteiger partial charge < -0.3 is 15.3 Å². The van der Waals surface area contributed by atoms with Gasteiger partial charge in [-0.15, -0.1) is 0 Å². The number of hydrogen-bond acceptors (Lipinski definition) is 5. The highest BCUT2D eigenvalue weighted by molar-refractivity contribution is 5.99. The summed E-state index contributed by atoms with van der Waals surface area (Å²) in [7, 11) is 0. The van der Waals surface area contributed by atoms with E-state index >= 15 is 0 Å². The lowest BCUT2D eigenvalue weighted by Gasteiger charge is -2.20. The van der Waals surface area contributed by atoms with E-state index < -0.39 is 10.8 Å². The molecule has 110 valence electrons. The molecule has 0 saturated heterocycles. The number of aliphatic hydroxyl groups is 1. The predicted octanol–water partition coefficient (Wildman–Crippen LogP) is 1.48. The second kappa shape index (κ2) is 7.44. The third-order valence-corrected chi connectivity index (χ3v) is 2.84. The molecule has 0 fully saturated rings. The number of carbonyl (C=O) groups is 1. The number of nitrogens with one attached hydrogen (secondary N) is 1. The van der Waals surface area contributed by atoms with Gasteiger partial charge in [-0.05, 0) is 26.0 Å². The molecule has 0 aliphatic carbocycles. The molecule has 7 nitrogen and oxygen atoms in total. The minimum Gasteiger partial charge on any atom is -0.395 e. The molecule has 0 spiro atoms. The summed E-state index contributed by atoms with van der Waals surface area (Å²) in [6.45, 7) is 4.65. The van der Waals surface area contributed by atoms with Crippen LogP contribution in [0.15, 0.2) is 18.2 Å². The summed E-state index contributed by atoms with van der Waals surface area (Å²) < 4.78 is 0. The summed E-state index contributed by atoms with van der Waals surface area (Å²) in [4.78, 5) is 24.2. The smallest absolute Gasteiger partial charge is 0.282 e. The van der Waals surface area contributed by atoms with Gasteiger partial charge in [0.2, 0.25) is 0 Å². The molecule has 1 rings (SSSR count). The Balaban J connectivity index is 3.20. The third-order valence-electron chi connectivity index (χ3n) is 2.84. The van der Waals surface area contributed by atoms with Gasteiger partial charge in [-0.3, -0.25) is 14.9 Å². The van der Waals surface area contributed by atoms with E-state index in [0.717, 1.165) is 0 Å². The van der Waals surface area contributed by atoms with Crippen LogP contribution in [0.25, 0.3) is 0 Å². The average Bonchev–Trinajstić information content (AvgIpc) is 2.44. The first-order valence-electron chi connectivity index (χ1n) is 6.47. The quantitative estimate of drug-likeness (QED) is 0.583. The normalized spacial score (nSPS) is 10.2. The van der Waals surface area contributed by atoms with Crippen LogP contribution in [0.5, 0.6) is 0 Å². The van der Waals surface area contributed by atoms with Crippen molar-refractivity contribution < 1.29 is 14.8 Å². The molecule has 2 N–H and O–H groups in total. The second-order valence-electron chi connectivity index (χ2n) is 4.13. The molecule has 0 atom stereocenters. The van der Waals surface area contributed by atoms with Crippen LogP contribution in [-0.2, 0) is 0 Å². The van der Waals surface area contributed by atoms with Crippen molar-refractivity contribution in [3.8, 4) is 0 Å². The Hall–Kier alpha value is -2.15. The Labute approximate surface area is 117 Å². The lowest BCUT2D eigenvalue weighted by Crippen LogP contribution is -2.33. The van der Waals surface area contributed by atoms with Crippen LogP contribution in [0.1, 0.15) is 24.2 Å². The lowest BCUT2D eigenvalue weighted by molar-refractivity contribution is -0.385. The summed E-state index contributed by atoms with van der Waals surface area (Å²) in [5.41, 5.74) is 0.457. The molecule has 0 radical (unpaired) electrons. The number of hydrogen-bond donors (Lipinski definition) is 2. The number of benzene rings is 1.